The minimum atomic E-state index is -0.701. The fourth-order valence-corrected chi connectivity index (χ4v) is 1.98. The Kier molecular flexibility index (Phi) is 6.91. The summed E-state index contributed by atoms with van der Waals surface area (Å²) in [5, 5.41) is 2.64. The van der Waals surface area contributed by atoms with Gasteiger partial charge in [-0.3, -0.25) is 9.59 Å². The molecule has 0 radical (unpaired) electrons. The van der Waals surface area contributed by atoms with Crippen LogP contribution in [0, 0.1) is 0 Å². The van der Waals surface area contributed by atoms with Crippen molar-refractivity contribution >= 4 is 29.5 Å². The maximum Gasteiger partial charge on any atom is 0.323 e. The Hall–Kier alpha value is -1.60. The summed E-state index contributed by atoms with van der Waals surface area (Å²) in [6, 6.07) is 4.55. The number of nitrogens with one attached hydrogen (secondary N) is 1. The Morgan fingerprint density at radius 3 is 2.95 bits per heavy atom. The molecule has 1 aromatic rings. The zero-order valence-electron chi connectivity index (χ0n) is 10.7. The van der Waals surface area contributed by atoms with Crippen LogP contribution in [0.3, 0.4) is 0 Å². The third kappa shape index (κ3) is 6.21. The molecule has 0 aromatic carbocycles. The zero-order valence-corrected chi connectivity index (χ0v) is 11.5. The Labute approximate surface area is 116 Å². The molecule has 1 unspecified atom stereocenters. The Bertz CT molecular complexity index is 414. The topological polar surface area (TPSA) is 94.3 Å². The molecule has 1 heterocycles. The van der Waals surface area contributed by atoms with Crippen LogP contribution < -0.4 is 11.1 Å². The predicted molar refractivity (Wildman–Crippen MR) is 74.8 cm³/mol. The van der Waals surface area contributed by atoms with Crippen molar-refractivity contribution < 1.29 is 14.3 Å². The van der Waals surface area contributed by atoms with E-state index in [1.54, 1.807) is 31.3 Å². The maximum atomic E-state index is 11.6. The van der Waals surface area contributed by atoms with E-state index in [4.69, 9.17) is 10.5 Å². The van der Waals surface area contributed by atoms with Gasteiger partial charge in [-0.05, 0) is 19.1 Å². The molecule has 0 aliphatic rings. The van der Waals surface area contributed by atoms with Crippen LogP contribution in [0.1, 0.15) is 6.92 Å². The summed E-state index contributed by atoms with van der Waals surface area (Å²) >= 11 is 1.28. The van der Waals surface area contributed by atoms with Crippen LogP contribution in [-0.2, 0) is 14.3 Å². The fraction of sp³-hybridized carbons (Fsp3) is 0.417. The van der Waals surface area contributed by atoms with Crippen molar-refractivity contribution in [2.45, 2.75) is 13.0 Å². The summed E-state index contributed by atoms with van der Waals surface area (Å²) < 4.78 is 4.77. The first-order valence-corrected chi connectivity index (χ1v) is 6.99. The smallest absolute Gasteiger partial charge is 0.323 e. The van der Waals surface area contributed by atoms with E-state index in [1.165, 1.54) is 11.8 Å². The zero-order chi connectivity index (χ0) is 14.1. The van der Waals surface area contributed by atoms with Gasteiger partial charge < -0.3 is 15.8 Å². The molecular weight excluding hydrogens is 266 g/mol. The number of thioether (sulfide) groups is 1. The summed E-state index contributed by atoms with van der Waals surface area (Å²) in [7, 11) is 0. The highest BCUT2D eigenvalue weighted by molar-refractivity contribution is 8.00. The van der Waals surface area contributed by atoms with E-state index in [0.29, 0.717) is 18.2 Å². The van der Waals surface area contributed by atoms with Gasteiger partial charge in [0.1, 0.15) is 11.9 Å². The van der Waals surface area contributed by atoms with Crippen LogP contribution in [0.25, 0.3) is 0 Å². The van der Waals surface area contributed by atoms with E-state index in [2.05, 4.69) is 10.3 Å². The fourth-order valence-electron chi connectivity index (χ4n) is 1.21. The molecule has 19 heavy (non-hydrogen) atoms. The van der Waals surface area contributed by atoms with Gasteiger partial charge >= 0.3 is 5.97 Å². The largest absolute Gasteiger partial charge is 0.465 e. The number of pyridine rings is 1. The lowest BCUT2D eigenvalue weighted by Gasteiger charge is -2.09. The molecule has 3 N–H and O–H groups in total. The Morgan fingerprint density at radius 1 is 1.53 bits per heavy atom. The first-order chi connectivity index (χ1) is 9.13. The lowest BCUT2D eigenvalue weighted by Crippen LogP contribution is -2.35. The van der Waals surface area contributed by atoms with Gasteiger partial charge in [0.25, 0.3) is 0 Å². The molecule has 1 atom stereocenters. The second-order valence-electron chi connectivity index (χ2n) is 3.64. The number of amides is 1. The number of hydrogen-bond acceptors (Lipinski definition) is 6. The molecule has 6 nitrogen and oxygen atoms in total. The monoisotopic (exact) mass is 283 g/mol. The van der Waals surface area contributed by atoms with Crippen molar-refractivity contribution in [2.75, 3.05) is 23.4 Å². The van der Waals surface area contributed by atoms with Gasteiger partial charge in [-0.1, -0.05) is 6.07 Å². The highest BCUT2D eigenvalue weighted by Gasteiger charge is 2.15. The number of ether oxygens (including phenoxy) is 1. The summed E-state index contributed by atoms with van der Waals surface area (Å²) in [4.78, 5) is 26.8. The Morgan fingerprint density at radius 2 is 2.32 bits per heavy atom. The summed E-state index contributed by atoms with van der Waals surface area (Å²) in [5.41, 5.74) is 5.60. The molecule has 1 amide bonds. The normalized spacial score (nSPS) is 11.7. The van der Waals surface area contributed by atoms with Crippen LogP contribution in [0.4, 0.5) is 5.82 Å². The van der Waals surface area contributed by atoms with Gasteiger partial charge in [-0.2, -0.15) is 0 Å². The highest BCUT2D eigenvalue weighted by atomic mass is 32.2. The number of aromatic nitrogens is 1. The number of carbonyl (C=O) groups is 2. The van der Waals surface area contributed by atoms with Crippen LogP contribution in [0.15, 0.2) is 24.4 Å². The standard InChI is InChI=1S/C12H17N3O3S/c1-2-18-12(17)9(13)7-19-8-11(16)15-10-5-3-4-6-14-10/h3-6,9H,2,7-8,13H2,1H3,(H,14,15,16). The van der Waals surface area contributed by atoms with Crippen molar-refractivity contribution in [2.24, 2.45) is 5.73 Å². The molecular formula is C12H17N3O3S. The number of hydrogen-bond donors (Lipinski definition) is 2. The molecule has 0 aliphatic carbocycles. The summed E-state index contributed by atoms with van der Waals surface area (Å²) in [6.07, 6.45) is 1.60. The van der Waals surface area contributed by atoms with Crippen LogP contribution in [0.5, 0.6) is 0 Å². The Balaban J connectivity index is 2.22. The summed E-state index contributed by atoms with van der Waals surface area (Å²) in [5.74, 6) is 0.431. The number of nitrogens with zero attached hydrogens (tertiary/aromatic N) is 1. The lowest BCUT2D eigenvalue weighted by molar-refractivity contribution is -0.144. The SMILES string of the molecule is CCOC(=O)C(N)CSCC(=O)Nc1ccccn1. The van der Waals surface area contributed by atoms with E-state index in [0.717, 1.165) is 0 Å². The van der Waals surface area contributed by atoms with Crippen molar-refractivity contribution in [3.05, 3.63) is 24.4 Å². The molecule has 1 aromatic heterocycles. The molecule has 0 bridgehead atoms. The first-order valence-electron chi connectivity index (χ1n) is 5.84. The van der Waals surface area contributed by atoms with Gasteiger partial charge in [-0.25, -0.2) is 4.98 Å². The minimum absolute atomic E-state index is 0.181. The van der Waals surface area contributed by atoms with Crippen molar-refractivity contribution in [1.29, 1.82) is 0 Å². The molecule has 104 valence electrons. The van der Waals surface area contributed by atoms with Crippen LogP contribution >= 0.6 is 11.8 Å². The minimum Gasteiger partial charge on any atom is -0.465 e. The first kappa shape index (κ1) is 15.5. The molecule has 0 fully saturated rings. The number of esters is 1. The summed E-state index contributed by atoms with van der Waals surface area (Å²) in [6.45, 7) is 2.02. The number of anilines is 1. The molecule has 0 saturated carbocycles. The van der Waals surface area contributed by atoms with E-state index >= 15 is 0 Å². The van der Waals surface area contributed by atoms with E-state index in [-0.39, 0.29) is 11.7 Å². The third-order valence-corrected chi connectivity index (χ3v) is 3.11. The van der Waals surface area contributed by atoms with Gasteiger partial charge in [-0.15, -0.1) is 11.8 Å². The van der Waals surface area contributed by atoms with Crippen molar-refractivity contribution in [1.82, 2.24) is 4.98 Å². The maximum absolute atomic E-state index is 11.6. The van der Waals surface area contributed by atoms with Crippen molar-refractivity contribution in [3.8, 4) is 0 Å². The average molecular weight is 283 g/mol. The van der Waals surface area contributed by atoms with Gasteiger partial charge in [0.05, 0.1) is 12.4 Å². The molecule has 0 spiro atoms. The van der Waals surface area contributed by atoms with Gasteiger partial charge in [0.2, 0.25) is 5.91 Å². The van der Waals surface area contributed by atoms with Crippen LogP contribution in [-0.4, -0.2) is 41.0 Å². The predicted octanol–water partition coefficient (Wildman–Crippen LogP) is 0.644. The number of rotatable bonds is 7. The van der Waals surface area contributed by atoms with Gasteiger partial charge in [0, 0.05) is 11.9 Å². The van der Waals surface area contributed by atoms with Crippen molar-refractivity contribution in [3.63, 3.8) is 0 Å². The highest BCUT2D eigenvalue weighted by Crippen LogP contribution is 2.05. The molecule has 1 rings (SSSR count). The van der Waals surface area contributed by atoms with Gasteiger partial charge in [0.15, 0.2) is 0 Å². The number of nitrogens with two attached hydrogens (primary N) is 1. The average Bonchev–Trinajstić information content (AvgIpc) is 2.40. The molecule has 0 saturated heterocycles. The second-order valence-corrected chi connectivity index (χ2v) is 4.67. The molecule has 7 heteroatoms. The molecule has 0 aliphatic heterocycles. The third-order valence-electron chi connectivity index (χ3n) is 2.05. The quantitative estimate of drug-likeness (QED) is 0.713. The van der Waals surface area contributed by atoms with E-state index in [9.17, 15) is 9.59 Å². The van der Waals surface area contributed by atoms with E-state index in [1.807, 2.05) is 0 Å². The number of carbonyl (C=O) groups excluding carboxylic acids is 2. The lowest BCUT2D eigenvalue weighted by atomic mass is 10.4. The second kappa shape index (κ2) is 8.49. The van der Waals surface area contributed by atoms with Crippen LogP contribution in [0.2, 0.25) is 0 Å². The van der Waals surface area contributed by atoms with E-state index < -0.39 is 12.0 Å².